The van der Waals surface area contributed by atoms with Crippen LogP contribution in [-0.4, -0.2) is 37.4 Å². The van der Waals surface area contributed by atoms with Crippen LogP contribution in [0.25, 0.3) is 0 Å². The van der Waals surface area contributed by atoms with E-state index in [0.29, 0.717) is 12.3 Å². The lowest BCUT2D eigenvalue weighted by Gasteiger charge is -2.47. The van der Waals surface area contributed by atoms with Crippen LogP contribution in [0.15, 0.2) is 66.7 Å². The van der Waals surface area contributed by atoms with E-state index in [1.54, 1.807) is 6.08 Å². The minimum Gasteiger partial charge on any atom is -0.464 e. The highest BCUT2D eigenvalue weighted by Gasteiger charge is 2.57. The van der Waals surface area contributed by atoms with Gasteiger partial charge < -0.3 is 18.9 Å². The van der Waals surface area contributed by atoms with Gasteiger partial charge in [0, 0.05) is 12.0 Å². The standard InChI is InChI=1S/C38H51O6/c1-5-9-26-41-35(39)33-34(36(40)42-27-10-6-2)44-38(43-33,32-19-15-12-16-20-32)28-31(8-4)37(23-7-3)24-21-30(22-25-37)29-17-13-11-14-18-29/h4,8,11-20,30-31,33-34H,5-7,9-10,21-28H2,1-3H3/t30?,31?,33-,34-,37?/m1/s1. The van der Waals surface area contributed by atoms with Crippen molar-refractivity contribution in [2.75, 3.05) is 13.2 Å². The topological polar surface area (TPSA) is 71.1 Å². The number of carbonyl (C=O) groups excluding carboxylic acids is 2. The maximum absolute atomic E-state index is 13.4. The van der Waals surface area contributed by atoms with Crippen LogP contribution in [0.3, 0.4) is 0 Å². The van der Waals surface area contributed by atoms with E-state index in [-0.39, 0.29) is 24.5 Å². The summed E-state index contributed by atoms with van der Waals surface area (Å²) >= 11 is 0. The molecule has 1 aliphatic heterocycles. The Balaban J connectivity index is 1.65. The van der Waals surface area contributed by atoms with Gasteiger partial charge in [0.2, 0.25) is 0 Å². The van der Waals surface area contributed by atoms with Gasteiger partial charge in [-0.05, 0) is 67.8 Å². The van der Waals surface area contributed by atoms with E-state index in [1.165, 1.54) is 5.56 Å². The second kappa shape index (κ2) is 16.4. The molecule has 1 radical (unpaired) electrons. The van der Waals surface area contributed by atoms with E-state index in [0.717, 1.165) is 69.8 Å². The van der Waals surface area contributed by atoms with Gasteiger partial charge >= 0.3 is 11.9 Å². The van der Waals surface area contributed by atoms with Crippen LogP contribution in [0, 0.1) is 17.9 Å². The Morgan fingerprint density at radius 3 is 1.84 bits per heavy atom. The first-order chi connectivity index (χ1) is 21.4. The van der Waals surface area contributed by atoms with E-state index in [2.05, 4.69) is 37.3 Å². The third-order valence-electron chi connectivity index (χ3n) is 9.58. The van der Waals surface area contributed by atoms with Crippen LogP contribution in [-0.2, 0) is 34.3 Å². The molecule has 2 aromatic carbocycles. The number of benzene rings is 2. The zero-order chi connectivity index (χ0) is 31.4. The van der Waals surface area contributed by atoms with Crippen LogP contribution in [0.5, 0.6) is 0 Å². The summed E-state index contributed by atoms with van der Waals surface area (Å²) < 4.78 is 24.4. The fraction of sp³-hybridized carbons (Fsp3) is 0.579. The van der Waals surface area contributed by atoms with Gasteiger partial charge in [0.25, 0.3) is 0 Å². The van der Waals surface area contributed by atoms with Crippen molar-refractivity contribution >= 4 is 11.9 Å². The van der Waals surface area contributed by atoms with E-state index >= 15 is 0 Å². The summed E-state index contributed by atoms with van der Waals surface area (Å²) in [7, 11) is 0. The number of rotatable bonds is 16. The Morgan fingerprint density at radius 1 is 0.841 bits per heavy atom. The molecule has 2 aliphatic rings. The molecule has 6 nitrogen and oxygen atoms in total. The van der Waals surface area contributed by atoms with Crippen molar-refractivity contribution in [2.45, 2.75) is 115 Å². The Bertz CT molecular complexity index is 1140. The Kier molecular flexibility index (Phi) is 12.6. The SMILES string of the molecule is [CH]=CC(CC1(c2ccccc2)O[C@@H](C(=O)OCCCC)[C@H](C(=O)OCCCC)O1)C1(CCC)CCC(c2ccccc2)CC1. The normalized spacial score (nSPS) is 25.2. The second-order valence-electron chi connectivity index (χ2n) is 12.5. The molecule has 3 atom stereocenters. The van der Waals surface area contributed by atoms with E-state index in [4.69, 9.17) is 25.5 Å². The quantitative estimate of drug-likeness (QED) is 0.142. The van der Waals surface area contributed by atoms with Gasteiger partial charge in [0.15, 0.2) is 18.0 Å². The first-order valence-corrected chi connectivity index (χ1v) is 16.8. The number of esters is 2. The maximum Gasteiger partial charge on any atom is 0.338 e. The van der Waals surface area contributed by atoms with Crippen molar-refractivity contribution in [1.82, 2.24) is 0 Å². The van der Waals surface area contributed by atoms with Gasteiger partial charge in [-0.2, -0.15) is 0 Å². The Hall–Kier alpha value is -2.96. The molecule has 0 amide bonds. The third kappa shape index (κ3) is 8.00. The summed E-state index contributed by atoms with van der Waals surface area (Å²) in [6.07, 6.45) is 9.15. The molecule has 0 aromatic heterocycles. The van der Waals surface area contributed by atoms with Crippen molar-refractivity contribution in [1.29, 1.82) is 0 Å². The lowest BCUT2D eigenvalue weighted by molar-refractivity contribution is -0.209. The predicted octanol–water partition coefficient (Wildman–Crippen LogP) is 8.45. The van der Waals surface area contributed by atoms with Gasteiger partial charge in [-0.15, -0.1) is 0 Å². The van der Waals surface area contributed by atoms with Crippen LogP contribution < -0.4 is 0 Å². The predicted molar refractivity (Wildman–Crippen MR) is 172 cm³/mol. The van der Waals surface area contributed by atoms with Crippen LogP contribution >= 0.6 is 0 Å². The van der Waals surface area contributed by atoms with Crippen molar-refractivity contribution in [3.05, 3.63) is 84.4 Å². The minimum absolute atomic E-state index is 0.0554. The number of hydrogen-bond acceptors (Lipinski definition) is 6. The molecule has 2 fully saturated rings. The van der Waals surface area contributed by atoms with E-state index in [1.807, 2.05) is 44.2 Å². The number of allylic oxidation sites excluding steroid dienone is 1. The van der Waals surface area contributed by atoms with Crippen LogP contribution in [0.4, 0.5) is 0 Å². The molecule has 0 bridgehead atoms. The zero-order valence-corrected chi connectivity index (χ0v) is 26.9. The molecule has 4 rings (SSSR count). The first-order valence-electron chi connectivity index (χ1n) is 16.8. The summed E-state index contributed by atoms with van der Waals surface area (Å²) in [5, 5.41) is 0. The highest BCUT2D eigenvalue weighted by molar-refractivity contribution is 5.86. The zero-order valence-electron chi connectivity index (χ0n) is 26.9. The number of unbranched alkanes of at least 4 members (excludes halogenated alkanes) is 2. The highest BCUT2D eigenvalue weighted by Crippen LogP contribution is 2.55. The lowest BCUT2D eigenvalue weighted by atomic mass is 9.59. The van der Waals surface area contributed by atoms with Crippen LogP contribution in [0.1, 0.15) is 108 Å². The fourth-order valence-electron chi connectivity index (χ4n) is 7.08. The molecular formula is C38H51O6. The van der Waals surface area contributed by atoms with Gasteiger partial charge in [-0.25, -0.2) is 9.59 Å². The molecule has 1 saturated carbocycles. The maximum atomic E-state index is 13.4. The third-order valence-corrected chi connectivity index (χ3v) is 9.58. The molecule has 1 heterocycles. The molecule has 6 heteroatoms. The Morgan fingerprint density at radius 2 is 1.36 bits per heavy atom. The minimum atomic E-state index is -1.37. The van der Waals surface area contributed by atoms with E-state index in [9.17, 15) is 9.59 Å². The first kappa shape index (κ1) is 33.9. The van der Waals surface area contributed by atoms with Crippen molar-refractivity contribution in [3.63, 3.8) is 0 Å². The largest absolute Gasteiger partial charge is 0.464 e. The smallest absolute Gasteiger partial charge is 0.338 e. The molecular weight excluding hydrogens is 552 g/mol. The molecule has 0 spiro atoms. The van der Waals surface area contributed by atoms with Gasteiger partial charge in [-0.3, -0.25) is 0 Å². The molecule has 1 unspecified atom stereocenters. The summed E-state index contributed by atoms with van der Waals surface area (Å²) in [4.78, 5) is 26.8. The van der Waals surface area contributed by atoms with Gasteiger partial charge in [0.1, 0.15) is 0 Å². The highest BCUT2D eigenvalue weighted by atomic mass is 16.8. The molecule has 1 saturated heterocycles. The second-order valence-corrected chi connectivity index (χ2v) is 12.5. The molecule has 44 heavy (non-hydrogen) atoms. The molecule has 1 aliphatic carbocycles. The van der Waals surface area contributed by atoms with Gasteiger partial charge in [0.05, 0.1) is 13.2 Å². The van der Waals surface area contributed by atoms with Crippen LogP contribution in [0.2, 0.25) is 0 Å². The van der Waals surface area contributed by atoms with Gasteiger partial charge in [-0.1, -0.05) is 113 Å². The van der Waals surface area contributed by atoms with E-state index < -0.39 is 29.9 Å². The lowest BCUT2D eigenvalue weighted by Crippen LogP contribution is -2.40. The molecule has 239 valence electrons. The number of ether oxygens (including phenoxy) is 4. The average Bonchev–Trinajstić information content (AvgIpc) is 3.46. The summed E-state index contributed by atoms with van der Waals surface area (Å²) in [5.74, 6) is -2.14. The molecule has 2 aromatic rings. The van der Waals surface area contributed by atoms with Crippen molar-refractivity contribution in [3.8, 4) is 0 Å². The summed E-state index contributed by atoms with van der Waals surface area (Å²) in [6, 6.07) is 20.4. The monoisotopic (exact) mass is 603 g/mol. The van der Waals surface area contributed by atoms with Crippen molar-refractivity contribution < 1.29 is 28.5 Å². The number of carbonyl (C=O) groups is 2. The number of hydrogen-bond donors (Lipinski definition) is 0. The fourth-order valence-corrected chi connectivity index (χ4v) is 7.08. The van der Waals surface area contributed by atoms with Crippen molar-refractivity contribution in [2.24, 2.45) is 11.3 Å². The average molecular weight is 604 g/mol. The summed E-state index contributed by atoms with van der Waals surface area (Å²) in [5.41, 5.74) is 2.08. The Labute approximate surface area is 264 Å². The summed E-state index contributed by atoms with van der Waals surface area (Å²) in [6.45, 7) is 13.3. The molecule has 0 N–H and O–H groups in total.